The summed E-state index contributed by atoms with van der Waals surface area (Å²) in [6.07, 6.45) is 0. The molecule has 1 N–H and O–H groups in total. The van der Waals surface area contributed by atoms with Gasteiger partial charge in [-0.05, 0) is 55.0 Å². The summed E-state index contributed by atoms with van der Waals surface area (Å²) in [5, 5.41) is 2.99. The number of fused-ring (bicyclic) bond motifs is 1. The molecule has 0 aliphatic rings. The van der Waals surface area contributed by atoms with Crippen LogP contribution in [-0.2, 0) is 6.54 Å². The molecule has 0 bridgehead atoms. The van der Waals surface area contributed by atoms with Crippen molar-refractivity contribution in [3.05, 3.63) is 83.4 Å². The van der Waals surface area contributed by atoms with Gasteiger partial charge in [-0.15, -0.1) is 0 Å². The summed E-state index contributed by atoms with van der Waals surface area (Å²) in [5.41, 5.74) is 6.10. The molecule has 0 saturated carbocycles. The Morgan fingerprint density at radius 3 is 1.51 bits per heavy atom. The van der Waals surface area contributed by atoms with Gasteiger partial charge in [0.15, 0.2) is 23.0 Å². The highest BCUT2D eigenvalue weighted by Crippen LogP contribution is 2.45. The average Bonchev–Trinajstić information content (AvgIpc) is 3.08. The van der Waals surface area contributed by atoms with Gasteiger partial charge in [0.05, 0.1) is 65.1 Å². The summed E-state index contributed by atoms with van der Waals surface area (Å²) >= 11 is 0. The fourth-order valence-electron chi connectivity index (χ4n) is 5.02. The maximum Gasteiger partial charge on any atom is 0.251 e. The van der Waals surface area contributed by atoms with Crippen LogP contribution in [0.4, 0.5) is 0 Å². The number of carbonyl (C=O) groups is 1. The average molecular weight is 610 g/mol. The van der Waals surface area contributed by atoms with Crippen molar-refractivity contribution >= 4 is 16.9 Å². The number of carbonyl (C=O) groups excluding carboxylic acids is 1. The Morgan fingerprint density at radius 1 is 0.600 bits per heavy atom. The second kappa shape index (κ2) is 13.4. The molecule has 0 radical (unpaired) electrons. The highest BCUT2D eigenvalue weighted by Gasteiger charge is 2.22. The van der Waals surface area contributed by atoms with Gasteiger partial charge in [0.1, 0.15) is 0 Å². The number of aryl methyl sites for hydroxylation is 1. The molecule has 5 aromatic rings. The Hall–Kier alpha value is -5.51. The largest absolute Gasteiger partial charge is 0.493 e. The lowest BCUT2D eigenvalue weighted by atomic mass is 10.0. The minimum absolute atomic E-state index is 0.220. The molecule has 45 heavy (non-hydrogen) atoms. The SMILES string of the molecule is COc1cc(-c2nc3ccc(C(=O)NCc4ccc(C)cc4)cc3nc2-c2cc(OC)c(OC)c(OC)c2)cc(OC)c1OC. The second-order valence-corrected chi connectivity index (χ2v) is 10.1. The molecule has 0 saturated heterocycles. The maximum atomic E-state index is 13.2. The summed E-state index contributed by atoms with van der Waals surface area (Å²) in [5.74, 6) is 2.51. The second-order valence-electron chi connectivity index (χ2n) is 10.1. The maximum absolute atomic E-state index is 13.2. The number of ether oxygens (including phenoxy) is 6. The number of aromatic nitrogens is 2. The van der Waals surface area contributed by atoms with Crippen LogP contribution in [0.15, 0.2) is 66.7 Å². The molecule has 1 amide bonds. The number of amides is 1. The van der Waals surface area contributed by atoms with Gasteiger partial charge in [-0.1, -0.05) is 29.8 Å². The summed E-state index contributed by atoms with van der Waals surface area (Å²) in [6.45, 7) is 2.43. The van der Waals surface area contributed by atoms with Gasteiger partial charge >= 0.3 is 0 Å². The molecule has 232 valence electrons. The topological polar surface area (TPSA) is 110 Å². The number of rotatable bonds is 11. The molecule has 4 aromatic carbocycles. The Labute approximate surface area is 261 Å². The summed E-state index contributed by atoms with van der Waals surface area (Å²) in [6, 6.07) is 20.5. The number of nitrogens with one attached hydrogen (secondary N) is 1. The van der Waals surface area contributed by atoms with Crippen molar-refractivity contribution in [2.75, 3.05) is 42.7 Å². The number of benzene rings is 4. The minimum atomic E-state index is -0.220. The van der Waals surface area contributed by atoms with Gasteiger partial charge in [-0.3, -0.25) is 4.79 Å². The molecule has 10 heteroatoms. The standard InChI is InChI=1S/C35H35N3O7/c1-20-8-10-21(11-9-20)19-36-35(39)22-12-13-25-26(14-22)38-32(24-17-29(42-4)34(45-7)30(18-24)43-5)31(37-25)23-15-27(40-2)33(44-6)28(16-23)41-3/h8-18H,19H2,1-7H3,(H,36,39). The zero-order chi connectivity index (χ0) is 32.1. The van der Waals surface area contributed by atoms with Gasteiger partial charge in [0.25, 0.3) is 5.91 Å². The summed E-state index contributed by atoms with van der Waals surface area (Å²) < 4.78 is 33.6. The normalized spacial score (nSPS) is 10.7. The van der Waals surface area contributed by atoms with E-state index < -0.39 is 0 Å². The van der Waals surface area contributed by atoms with E-state index >= 15 is 0 Å². The molecule has 0 unspecified atom stereocenters. The van der Waals surface area contributed by atoms with Crippen LogP contribution >= 0.6 is 0 Å². The van der Waals surface area contributed by atoms with E-state index in [1.54, 1.807) is 73.0 Å². The lowest BCUT2D eigenvalue weighted by molar-refractivity contribution is 0.0951. The number of hydrogen-bond acceptors (Lipinski definition) is 9. The van der Waals surface area contributed by atoms with Crippen molar-refractivity contribution in [3.63, 3.8) is 0 Å². The van der Waals surface area contributed by atoms with Crippen LogP contribution in [0.2, 0.25) is 0 Å². The van der Waals surface area contributed by atoms with Gasteiger partial charge in [0.2, 0.25) is 11.5 Å². The van der Waals surface area contributed by atoms with E-state index in [-0.39, 0.29) is 5.91 Å². The summed E-state index contributed by atoms with van der Waals surface area (Å²) in [7, 11) is 9.30. The van der Waals surface area contributed by atoms with E-state index in [0.29, 0.717) is 80.2 Å². The van der Waals surface area contributed by atoms with Crippen molar-refractivity contribution in [2.24, 2.45) is 0 Å². The first-order chi connectivity index (χ1) is 21.8. The number of nitrogens with zero attached hydrogens (tertiary/aromatic N) is 2. The minimum Gasteiger partial charge on any atom is -0.493 e. The lowest BCUT2D eigenvalue weighted by Gasteiger charge is -2.18. The van der Waals surface area contributed by atoms with Crippen molar-refractivity contribution in [2.45, 2.75) is 13.5 Å². The molecule has 1 heterocycles. The van der Waals surface area contributed by atoms with Gasteiger partial charge in [-0.2, -0.15) is 0 Å². The van der Waals surface area contributed by atoms with E-state index in [1.807, 2.05) is 43.3 Å². The third-order valence-electron chi connectivity index (χ3n) is 7.38. The van der Waals surface area contributed by atoms with Crippen LogP contribution in [0, 0.1) is 6.92 Å². The predicted octanol–water partition coefficient (Wildman–Crippen LogP) is 6.25. The smallest absolute Gasteiger partial charge is 0.251 e. The zero-order valence-corrected chi connectivity index (χ0v) is 26.3. The molecule has 1 aromatic heterocycles. The fourth-order valence-corrected chi connectivity index (χ4v) is 5.02. The Bertz CT molecular complexity index is 1810. The van der Waals surface area contributed by atoms with Crippen molar-refractivity contribution in [1.82, 2.24) is 15.3 Å². The van der Waals surface area contributed by atoms with Crippen molar-refractivity contribution < 1.29 is 33.2 Å². The van der Waals surface area contributed by atoms with E-state index in [9.17, 15) is 4.79 Å². The van der Waals surface area contributed by atoms with E-state index in [0.717, 1.165) is 11.1 Å². The molecule has 0 aliphatic carbocycles. The molecule has 0 atom stereocenters. The third-order valence-corrected chi connectivity index (χ3v) is 7.38. The Morgan fingerprint density at radius 2 is 1.07 bits per heavy atom. The van der Waals surface area contributed by atoms with Gasteiger partial charge in [-0.25, -0.2) is 9.97 Å². The van der Waals surface area contributed by atoms with Gasteiger partial charge in [0, 0.05) is 23.2 Å². The Balaban J connectivity index is 1.67. The molecular formula is C35H35N3O7. The summed E-state index contributed by atoms with van der Waals surface area (Å²) in [4.78, 5) is 23.2. The Kier molecular flexibility index (Phi) is 9.22. The lowest BCUT2D eigenvalue weighted by Crippen LogP contribution is -2.22. The van der Waals surface area contributed by atoms with E-state index in [2.05, 4.69) is 5.32 Å². The van der Waals surface area contributed by atoms with Crippen molar-refractivity contribution in [3.8, 4) is 57.0 Å². The highest BCUT2D eigenvalue weighted by molar-refractivity contribution is 5.98. The first kappa shape index (κ1) is 30.9. The molecule has 5 rings (SSSR count). The monoisotopic (exact) mass is 609 g/mol. The number of hydrogen-bond donors (Lipinski definition) is 1. The quantitative estimate of drug-likeness (QED) is 0.186. The van der Waals surface area contributed by atoms with E-state index in [4.69, 9.17) is 38.4 Å². The van der Waals surface area contributed by atoms with Crippen LogP contribution in [0.3, 0.4) is 0 Å². The fraction of sp³-hybridized carbons (Fsp3) is 0.229. The highest BCUT2D eigenvalue weighted by atomic mass is 16.5. The first-order valence-corrected chi connectivity index (χ1v) is 14.1. The molecule has 10 nitrogen and oxygen atoms in total. The van der Waals surface area contributed by atoms with Crippen molar-refractivity contribution in [1.29, 1.82) is 0 Å². The van der Waals surface area contributed by atoms with Crippen LogP contribution < -0.4 is 33.7 Å². The molecule has 0 spiro atoms. The van der Waals surface area contributed by atoms with Crippen LogP contribution in [0.1, 0.15) is 21.5 Å². The predicted molar refractivity (Wildman–Crippen MR) is 172 cm³/mol. The van der Waals surface area contributed by atoms with Crippen LogP contribution in [0.5, 0.6) is 34.5 Å². The van der Waals surface area contributed by atoms with E-state index in [1.165, 1.54) is 0 Å². The number of methoxy groups -OCH3 is 6. The van der Waals surface area contributed by atoms with Crippen LogP contribution in [-0.4, -0.2) is 58.5 Å². The van der Waals surface area contributed by atoms with Crippen LogP contribution in [0.25, 0.3) is 33.5 Å². The third kappa shape index (κ3) is 6.26. The zero-order valence-electron chi connectivity index (χ0n) is 26.3. The first-order valence-electron chi connectivity index (χ1n) is 14.1. The molecule has 0 fully saturated rings. The van der Waals surface area contributed by atoms with Gasteiger partial charge < -0.3 is 33.7 Å². The molecule has 0 aliphatic heterocycles. The molecular weight excluding hydrogens is 574 g/mol.